The second-order valence-corrected chi connectivity index (χ2v) is 5.28. The Morgan fingerprint density at radius 3 is 2.55 bits per heavy atom. The highest BCUT2D eigenvalue weighted by atomic mass is 16.3. The highest BCUT2D eigenvalue weighted by Gasteiger charge is 2.09. The van der Waals surface area contributed by atoms with E-state index in [0.717, 1.165) is 24.4 Å². The average molecular weight is 273 g/mol. The first-order chi connectivity index (χ1) is 9.63. The van der Waals surface area contributed by atoms with Gasteiger partial charge in [0.2, 0.25) is 0 Å². The smallest absolute Gasteiger partial charge is 0.139 e. The molecule has 4 heteroatoms. The first-order valence-corrected chi connectivity index (χ1v) is 7.02. The summed E-state index contributed by atoms with van der Waals surface area (Å²) >= 11 is 0. The van der Waals surface area contributed by atoms with Crippen molar-refractivity contribution < 1.29 is 5.11 Å². The monoisotopic (exact) mass is 273 g/mol. The Balaban J connectivity index is 2.20. The van der Waals surface area contributed by atoms with Gasteiger partial charge in [0.15, 0.2) is 0 Å². The molecule has 0 spiro atoms. The first kappa shape index (κ1) is 14.8. The summed E-state index contributed by atoms with van der Waals surface area (Å²) in [5.41, 5.74) is 2.41. The molecule has 0 bridgehead atoms. The Labute approximate surface area is 120 Å². The molecule has 0 saturated carbocycles. The van der Waals surface area contributed by atoms with Gasteiger partial charge in [0, 0.05) is 37.2 Å². The average Bonchev–Trinajstić information content (AvgIpc) is 2.92. The normalized spacial score (nSPS) is 12.8. The molecule has 2 rings (SSSR count). The molecule has 0 aliphatic rings. The number of imidazole rings is 1. The van der Waals surface area contributed by atoms with Gasteiger partial charge in [0.1, 0.15) is 5.82 Å². The van der Waals surface area contributed by atoms with E-state index in [1.54, 1.807) is 0 Å². The fourth-order valence-corrected chi connectivity index (χ4v) is 2.20. The van der Waals surface area contributed by atoms with E-state index < -0.39 is 0 Å². The predicted molar refractivity (Wildman–Crippen MR) is 81.5 cm³/mol. The van der Waals surface area contributed by atoms with Crippen molar-refractivity contribution in [2.45, 2.75) is 25.9 Å². The van der Waals surface area contributed by atoms with Gasteiger partial charge >= 0.3 is 0 Å². The van der Waals surface area contributed by atoms with Gasteiger partial charge in [0.05, 0.1) is 0 Å². The van der Waals surface area contributed by atoms with E-state index in [2.05, 4.69) is 59.7 Å². The van der Waals surface area contributed by atoms with Crippen LogP contribution >= 0.6 is 0 Å². The first-order valence-electron chi connectivity index (χ1n) is 7.02. The lowest BCUT2D eigenvalue weighted by atomic mass is 10.1. The maximum Gasteiger partial charge on any atom is 0.139 e. The molecular formula is C16H23N3O. The summed E-state index contributed by atoms with van der Waals surface area (Å²) < 4.78 is 2.08. The number of hydrogen-bond donors (Lipinski definition) is 1. The number of rotatable bonds is 6. The van der Waals surface area contributed by atoms with Gasteiger partial charge < -0.3 is 14.6 Å². The number of aromatic nitrogens is 2. The molecule has 0 aliphatic heterocycles. The predicted octanol–water partition coefficient (Wildman–Crippen LogP) is 2.56. The molecule has 1 atom stereocenters. The van der Waals surface area contributed by atoms with Crippen molar-refractivity contribution >= 4 is 0 Å². The van der Waals surface area contributed by atoms with Crippen LogP contribution in [0.25, 0.3) is 11.4 Å². The Bertz CT molecular complexity index is 531. The van der Waals surface area contributed by atoms with Crippen molar-refractivity contribution in [2.24, 2.45) is 0 Å². The highest BCUT2D eigenvalue weighted by Crippen LogP contribution is 2.22. The third-order valence-electron chi connectivity index (χ3n) is 3.70. The molecule has 0 fully saturated rings. The van der Waals surface area contributed by atoms with Crippen molar-refractivity contribution in [3.63, 3.8) is 0 Å². The van der Waals surface area contributed by atoms with Gasteiger partial charge in [-0.3, -0.25) is 0 Å². The summed E-state index contributed by atoms with van der Waals surface area (Å²) in [6, 6.07) is 8.95. The van der Waals surface area contributed by atoms with Crippen LogP contribution in [0.3, 0.4) is 0 Å². The van der Waals surface area contributed by atoms with Gasteiger partial charge in [0.25, 0.3) is 0 Å². The molecule has 2 aromatic rings. The Kier molecular flexibility index (Phi) is 4.93. The minimum atomic E-state index is 0.205. The van der Waals surface area contributed by atoms with E-state index in [1.807, 2.05) is 12.4 Å². The van der Waals surface area contributed by atoms with E-state index in [0.29, 0.717) is 6.04 Å². The zero-order chi connectivity index (χ0) is 14.5. The van der Waals surface area contributed by atoms with Crippen LogP contribution < -0.4 is 0 Å². The fraction of sp³-hybridized carbons (Fsp3) is 0.438. The molecule has 1 N–H and O–H groups in total. The molecule has 1 aromatic heterocycles. The second-order valence-electron chi connectivity index (χ2n) is 5.28. The topological polar surface area (TPSA) is 41.3 Å². The van der Waals surface area contributed by atoms with Gasteiger partial charge in [-0.2, -0.15) is 0 Å². The van der Waals surface area contributed by atoms with Gasteiger partial charge in [-0.25, -0.2) is 4.98 Å². The lowest BCUT2D eigenvalue weighted by Gasteiger charge is -2.20. The van der Waals surface area contributed by atoms with Crippen LogP contribution in [0.1, 0.15) is 24.9 Å². The minimum absolute atomic E-state index is 0.205. The molecular weight excluding hydrogens is 250 g/mol. The zero-order valence-electron chi connectivity index (χ0n) is 12.5. The molecule has 1 heterocycles. The van der Waals surface area contributed by atoms with Crippen molar-refractivity contribution in [3.05, 3.63) is 42.2 Å². The van der Waals surface area contributed by atoms with Crippen LogP contribution in [-0.4, -0.2) is 40.3 Å². The summed E-state index contributed by atoms with van der Waals surface area (Å²) in [7, 11) is 4.17. The third-order valence-corrected chi connectivity index (χ3v) is 3.70. The molecule has 0 amide bonds. The number of hydrogen-bond acceptors (Lipinski definition) is 3. The van der Waals surface area contributed by atoms with Gasteiger partial charge in [-0.15, -0.1) is 0 Å². The quantitative estimate of drug-likeness (QED) is 0.879. The van der Waals surface area contributed by atoms with Gasteiger partial charge in [-0.1, -0.05) is 24.3 Å². The van der Waals surface area contributed by atoms with E-state index in [-0.39, 0.29) is 6.61 Å². The molecule has 0 aliphatic carbocycles. The number of aryl methyl sites for hydroxylation is 1. The molecule has 20 heavy (non-hydrogen) atoms. The molecule has 108 valence electrons. The molecule has 1 aromatic carbocycles. The number of aliphatic hydroxyl groups excluding tert-OH is 1. The number of aliphatic hydroxyl groups is 1. The SMILES string of the molecule is C[C@@H](c1ccc(-c2nccn2CCCO)cc1)N(C)C. The van der Waals surface area contributed by atoms with Crippen LogP contribution in [0.4, 0.5) is 0 Å². The Morgan fingerprint density at radius 1 is 1.25 bits per heavy atom. The number of benzene rings is 1. The lowest BCUT2D eigenvalue weighted by Crippen LogP contribution is -2.16. The van der Waals surface area contributed by atoms with Gasteiger partial charge in [-0.05, 0) is 33.0 Å². The second kappa shape index (κ2) is 6.68. The highest BCUT2D eigenvalue weighted by molar-refractivity contribution is 5.56. The van der Waals surface area contributed by atoms with E-state index in [1.165, 1.54) is 5.56 Å². The lowest BCUT2D eigenvalue weighted by molar-refractivity contribution is 0.280. The largest absolute Gasteiger partial charge is 0.396 e. The third kappa shape index (κ3) is 3.26. The summed E-state index contributed by atoms with van der Waals surface area (Å²) in [4.78, 5) is 6.61. The maximum atomic E-state index is 8.94. The molecule has 4 nitrogen and oxygen atoms in total. The summed E-state index contributed by atoms with van der Waals surface area (Å²) in [5, 5.41) is 8.94. The van der Waals surface area contributed by atoms with Crippen molar-refractivity contribution in [1.29, 1.82) is 0 Å². The van der Waals surface area contributed by atoms with Crippen molar-refractivity contribution in [2.75, 3.05) is 20.7 Å². The summed E-state index contributed by atoms with van der Waals surface area (Å²) in [6.45, 7) is 3.19. The number of nitrogens with zero attached hydrogens (tertiary/aromatic N) is 3. The van der Waals surface area contributed by atoms with E-state index in [4.69, 9.17) is 5.11 Å². The summed E-state index contributed by atoms with van der Waals surface area (Å²) in [6.07, 6.45) is 4.52. The summed E-state index contributed by atoms with van der Waals surface area (Å²) in [5.74, 6) is 0.961. The Hall–Kier alpha value is -1.65. The van der Waals surface area contributed by atoms with Crippen molar-refractivity contribution in [1.82, 2.24) is 14.5 Å². The van der Waals surface area contributed by atoms with E-state index >= 15 is 0 Å². The van der Waals surface area contributed by atoms with Crippen LogP contribution in [0, 0.1) is 0 Å². The maximum absolute atomic E-state index is 8.94. The molecule has 0 unspecified atom stereocenters. The van der Waals surface area contributed by atoms with E-state index in [9.17, 15) is 0 Å². The Morgan fingerprint density at radius 2 is 1.95 bits per heavy atom. The van der Waals surface area contributed by atoms with Crippen LogP contribution in [-0.2, 0) is 6.54 Å². The molecule has 0 saturated heterocycles. The van der Waals surface area contributed by atoms with Crippen LogP contribution in [0.5, 0.6) is 0 Å². The molecule has 0 radical (unpaired) electrons. The van der Waals surface area contributed by atoms with Crippen molar-refractivity contribution in [3.8, 4) is 11.4 Å². The van der Waals surface area contributed by atoms with Crippen LogP contribution in [0.15, 0.2) is 36.7 Å². The minimum Gasteiger partial charge on any atom is -0.396 e. The zero-order valence-corrected chi connectivity index (χ0v) is 12.5. The standard InChI is InChI=1S/C16H23N3O/c1-13(18(2)3)14-5-7-15(8-6-14)16-17-9-11-19(16)10-4-12-20/h5-9,11,13,20H,4,10,12H2,1-3H3/t13-/m0/s1. The fourth-order valence-electron chi connectivity index (χ4n) is 2.20. The van der Waals surface area contributed by atoms with Crippen LogP contribution in [0.2, 0.25) is 0 Å².